The summed E-state index contributed by atoms with van der Waals surface area (Å²) in [4.78, 5) is 1.09. The molecule has 66 valence electrons. The molecule has 1 heterocycles. The summed E-state index contributed by atoms with van der Waals surface area (Å²) >= 11 is 4.83. The summed E-state index contributed by atoms with van der Waals surface area (Å²) in [5.41, 5.74) is 0. The van der Waals surface area contributed by atoms with Gasteiger partial charge in [-0.05, 0) is 41.2 Å². The zero-order chi connectivity index (χ0) is 9.10. The van der Waals surface area contributed by atoms with Crippen molar-refractivity contribution in [2.24, 2.45) is 0 Å². The maximum absolute atomic E-state index is 3.84. The number of nitrogens with one attached hydrogen (secondary N) is 1. The van der Waals surface area contributed by atoms with Crippen LogP contribution in [0.4, 0.5) is 0 Å². The van der Waals surface area contributed by atoms with E-state index in [1.807, 2.05) is 24.3 Å². The minimum Gasteiger partial charge on any atom is -0.176 e. The molecule has 1 N–H and O–H groups in total. The van der Waals surface area contributed by atoms with Crippen molar-refractivity contribution < 1.29 is 0 Å². The van der Waals surface area contributed by atoms with E-state index in [1.54, 1.807) is 0 Å². The maximum atomic E-state index is 3.84. The maximum Gasteiger partial charge on any atom is 0.235 e. The number of nitrogens with zero attached hydrogens (tertiary/aromatic N) is 3. The largest absolute Gasteiger partial charge is 0.235 e. The fourth-order valence-electron chi connectivity index (χ4n) is 0.804. The number of H-pyrrole nitrogens is 1. The van der Waals surface area contributed by atoms with E-state index in [2.05, 4.69) is 36.6 Å². The van der Waals surface area contributed by atoms with Gasteiger partial charge in [0.25, 0.3) is 0 Å². The van der Waals surface area contributed by atoms with Crippen molar-refractivity contribution in [3.8, 4) is 0 Å². The number of halogens is 1. The molecule has 0 spiro atoms. The highest BCUT2D eigenvalue weighted by Gasteiger charge is 2.00. The van der Waals surface area contributed by atoms with Gasteiger partial charge in [-0.2, -0.15) is 5.21 Å². The lowest BCUT2D eigenvalue weighted by molar-refractivity contribution is 0.881. The third kappa shape index (κ3) is 2.28. The third-order valence-corrected chi connectivity index (χ3v) is 2.74. The smallest absolute Gasteiger partial charge is 0.176 e. The van der Waals surface area contributed by atoms with E-state index in [1.165, 1.54) is 11.8 Å². The monoisotopic (exact) mass is 256 g/mol. The van der Waals surface area contributed by atoms with Gasteiger partial charge in [0, 0.05) is 9.37 Å². The van der Waals surface area contributed by atoms with Crippen molar-refractivity contribution in [3.63, 3.8) is 0 Å². The summed E-state index contributed by atoms with van der Waals surface area (Å²) in [5, 5.41) is 14.2. The van der Waals surface area contributed by atoms with Crippen molar-refractivity contribution in [2.45, 2.75) is 10.1 Å². The Morgan fingerprint density at radius 2 is 2.00 bits per heavy atom. The molecule has 0 aliphatic rings. The molecule has 4 nitrogen and oxygen atoms in total. The van der Waals surface area contributed by atoms with Crippen LogP contribution in [0.5, 0.6) is 0 Å². The summed E-state index contributed by atoms with van der Waals surface area (Å²) in [6.07, 6.45) is 0. The third-order valence-electron chi connectivity index (χ3n) is 1.35. The Morgan fingerprint density at radius 3 is 2.62 bits per heavy atom. The average Bonchev–Trinajstić information content (AvgIpc) is 2.62. The second-order valence-electron chi connectivity index (χ2n) is 2.25. The fraction of sp³-hybridized carbons (Fsp3) is 0. The second kappa shape index (κ2) is 3.89. The Morgan fingerprint density at radius 1 is 1.23 bits per heavy atom. The molecule has 0 saturated heterocycles. The first kappa shape index (κ1) is 8.71. The van der Waals surface area contributed by atoms with Crippen LogP contribution in [0.3, 0.4) is 0 Å². The number of hydrogen-bond donors (Lipinski definition) is 1. The lowest BCUT2D eigenvalue weighted by atomic mass is 10.4. The van der Waals surface area contributed by atoms with Gasteiger partial charge in [0.2, 0.25) is 5.16 Å². The highest BCUT2D eigenvalue weighted by Crippen LogP contribution is 2.24. The number of benzene rings is 1. The summed E-state index contributed by atoms with van der Waals surface area (Å²) < 4.78 is 1.06. The Kier molecular flexibility index (Phi) is 2.60. The molecule has 0 saturated carbocycles. The number of rotatable bonds is 2. The number of tetrazole rings is 1. The Bertz CT molecular complexity index is 372. The van der Waals surface area contributed by atoms with E-state index in [0.717, 1.165) is 9.37 Å². The molecule has 0 atom stereocenters. The van der Waals surface area contributed by atoms with E-state index in [0.29, 0.717) is 5.16 Å². The molecule has 0 fully saturated rings. The Balaban J connectivity index is 2.15. The standard InChI is InChI=1S/C7H5BrN4S/c8-5-1-3-6(4-2-5)13-7-9-11-12-10-7/h1-4H,(H,9,10,11,12). The summed E-state index contributed by atoms with van der Waals surface area (Å²) in [6, 6.07) is 7.93. The zero-order valence-electron chi connectivity index (χ0n) is 6.44. The molecule has 0 aliphatic heterocycles. The van der Waals surface area contributed by atoms with E-state index in [-0.39, 0.29) is 0 Å². The predicted octanol–water partition coefficient (Wildman–Crippen LogP) is 2.11. The summed E-state index contributed by atoms with van der Waals surface area (Å²) in [6.45, 7) is 0. The Hall–Kier alpha value is -0.880. The average molecular weight is 257 g/mol. The normalized spacial score (nSPS) is 10.2. The molecule has 2 aromatic rings. The van der Waals surface area contributed by atoms with Crippen molar-refractivity contribution in [1.29, 1.82) is 0 Å². The molecule has 0 radical (unpaired) electrons. The highest BCUT2D eigenvalue weighted by atomic mass is 79.9. The van der Waals surface area contributed by atoms with Crippen LogP contribution in [0.25, 0.3) is 0 Å². The zero-order valence-corrected chi connectivity index (χ0v) is 8.84. The first-order valence-electron chi connectivity index (χ1n) is 3.51. The van der Waals surface area contributed by atoms with E-state index in [4.69, 9.17) is 0 Å². The number of hydrogen-bond acceptors (Lipinski definition) is 4. The van der Waals surface area contributed by atoms with E-state index >= 15 is 0 Å². The quantitative estimate of drug-likeness (QED) is 0.895. The van der Waals surface area contributed by atoms with Crippen LogP contribution in [0, 0.1) is 0 Å². The highest BCUT2D eigenvalue weighted by molar-refractivity contribution is 9.10. The van der Waals surface area contributed by atoms with Gasteiger partial charge in [-0.1, -0.05) is 15.9 Å². The van der Waals surface area contributed by atoms with E-state index < -0.39 is 0 Å². The number of aromatic nitrogens is 4. The van der Waals surface area contributed by atoms with Crippen molar-refractivity contribution >= 4 is 27.7 Å². The van der Waals surface area contributed by atoms with Crippen molar-refractivity contribution in [2.75, 3.05) is 0 Å². The number of aromatic amines is 1. The van der Waals surface area contributed by atoms with Gasteiger partial charge in [-0.15, -0.1) is 10.2 Å². The molecule has 1 aromatic carbocycles. The van der Waals surface area contributed by atoms with Crippen molar-refractivity contribution in [1.82, 2.24) is 20.6 Å². The molecule has 0 aliphatic carbocycles. The van der Waals surface area contributed by atoms with Crippen LogP contribution >= 0.6 is 27.7 Å². The Labute approximate surface area is 87.3 Å². The first-order valence-corrected chi connectivity index (χ1v) is 5.12. The van der Waals surface area contributed by atoms with Gasteiger partial charge >= 0.3 is 0 Å². The molecule has 0 bridgehead atoms. The lowest BCUT2D eigenvalue weighted by Crippen LogP contribution is -1.75. The van der Waals surface area contributed by atoms with Crippen LogP contribution in [-0.4, -0.2) is 20.6 Å². The van der Waals surface area contributed by atoms with Crippen LogP contribution in [0.15, 0.2) is 38.8 Å². The molecule has 2 rings (SSSR count). The van der Waals surface area contributed by atoms with Gasteiger partial charge in [0.1, 0.15) is 0 Å². The molecule has 13 heavy (non-hydrogen) atoms. The van der Waals surface area contributed by atoms with Crippen LogP contribution < -0.4 is 0 Å². The summed E-state index contributed by atoms with van der Waals surface area (Å²) in [7, 11) is 0. The topological polar surface area (TPSA) is 54.5 Å². The van der Waals surface area contributed by atoms with Crippen LogP contribution in [0.1, 0.15) is 0 Å². The van der Waals surface area contributed by atoms with Crippen molar-refractivity contribution in [3.05, 3.63) is 28.7 Å². The van der Waals surface area contributed by atoms with Gasteiger partial charge < -0.3 is 0 Å². The molecule has 1 aromatic heterocycles. The van der Waals surface area contributed by atoms with Gasteiger partial charge in [0.15, 0.2) is 0 Å². The first-order chi connectivity index (χ1) is 6.34. The molecular formula is C7H5BrN4S. The fourth-order valence-corrected chi connectivity index (χ4v) is 1.72. The van der Waals surface area contributed by atoms with Gasteiger partial charge in [-0.3, -0.25) is 0 Å². The minimum atomic E-state index is 0.627. The molecular weight excluding hydrogens is 252 g/mol. The van der Waals surface area contributed by atoms with Crippen LogP contribution in [-0.2, 0) is 0 Å². The molecule has 0 amide bonds. The lowest BCUT2D eigenvalue weighted by Gasteiger charge is -1.95. The molecule has 0 unspecified atom stereocenters. The molecule has 6 heteroatoms. The van der Waals surface area contributed by atoms with Crippen LogP contribution in [0.2, 0.25) is 0 Å². The minimum absolute atomic E-state index is 0.627. The summed E-state index contributed by atoms with van der Waals surface area (Å²) in [5.74, 6) is 0. The van der Waals surface area contributed by atoms with Gasteiger partial charge in [-0.25, -0.2) is 0 Å². The van der Waals surface area contributed by atoms with E-state index in [9.17, 15) is 0 Å². The van der Waals surface area contributed by atoms with Gasteiger partial charge in [0.05, 0.1) is 0 Å². The predicted molar refractivity (Wildman–Crippen MR) is 52.4 cm³/mol. The second-order valence-corrected chi connectivity index (χ2v) is 4.21. The SMILES string of the molecule is Brc1ccc(Sc2nn[nH]n2)cc1.